The SMILES string of the molecule is Cn1c(CC[C@@H]2CCCN2C(=O)CC2CCCC2)cc2ccccc21. The fraction of sp³-hybridized carbons (Fsp3) is 0.591. The van der Waals surface area contributed by atoms with Gasteiger partial charge in [0.15, 0.2) is 0 Å². The molecule has 1 saturated carbocycles. The highest BCUT2D eigenvalue weighted by Gasteiger charge is 2.30. The first kappa shape index (κ1) is 16.7. The predicted octanol–water partition coefficient (Wildman–Crippen LogP) is 4.68. The number of aryl methyl sites for hydroxylation is 2. The van der Waals surface area contributed by atoms with Crippen molar-refractivity contribution in [3.63, 3.8) is 0 Å². The van der Waals surface area contributed by atoms with Gasteiger partial charge in [-0.2, -0.15) is 0 Å². The second-order valence-corrected chi connectivity index (χ2v) is 8.03. The van der Waals surface area contributed by atoms with E-state index in [4.69, 9.17) is 0 Å². The van der Waals surface area contributed by atoms with E-state index in [1.54, 1.807) is 0 Å². The Morgan fingerprint density at radius 3 is 2.72 bits per heavy atom. The molecule has 3 nitrogen and oxygen atoms in total. The minimum absolute atomic E-state index is 0.423. The van der Waals surface area contributed by atoms with Gasteiger partial charge in [-0.1, -0.05) is 31.0 Å². The Kier molecular flexibility index (Phi) is 4.82. The molecule has 1 aromatic heterocycles. The number of nitrogens with zero attached hydrogens (tertiary/aromatic N) is 2. The Balaban J connectivity index is 1.39. The summed E-state index contributed by atoms with van der Waals surface area (Å²) in [6.07, 6.45) is 10.5. The molecule has 4 rings (SSSR count). The molecular weight excluding hydrogens is 308 g/mol. The van der Waals surface area contributed by atoms with Crippen LogP contribution in [-0.2, 0) is 18.3 Å². The summed E-state index contributed by atoms with van der Waals surface area (Å²) in [5, 5.41) is 1.32. The molecule has 2 fully saturated rings. The Morgan fingerprint density at radius 1 is 1.12 bits per heavy atom. The lowest BCUT2D eigenvalue weighted by atomic mass is 10.0. The van der Waals surface area contributed by atoms with Crippen LogP contribution in [0.2, 0.25) is 0 Å². The van der Waals surface area contributed by atoms with Crippen LogP contribution in [0.4, 0.5) is 0 Å². The van der Waals surface area contributed by atoms with Crippen molar-refractivity contribution in [2.75, 3.05) is 6.54 Å². The lowest BCUT2D eigenvalue weighted by Crippen LogP contribution is -2.36. The molecule has 0 radical (unpaired) electrons. The maximum Gasteiger partial charge on any atom is 0.223 e. The van der Waals surface area contributed by atoms with Gasteiger partial charge in [-0.15, -0.1) is 0 Å². The Bertz CT molecular complexity index is 742. The summed E-state index contributed by atoms with van der Waals surface area (Å²) in [5.41, 5.74) is 2.69. The molecule has 0 N–H and O–H groups in total. The topological polar surface area (TPSA) is 25.2 Å². The molecule has 0 bridgehead atoms. The van der Waals surface area contributed by atoms with Crippen LogP contribution in [0.15, 0.2) is 30.3 Å². The van der Waals surface area contributed by atoms with Crippen LogP contribution < -0.4 is 0 Å². The van der Waals surface area contributed by atoms with Crippen LogP contribution in [0.1, 0.15) is 57.1 Å². The molecule has 2 aromatic rings. The van der Waals surface area contributed by atoms with Crippen molar-refractivity contribution in [1.82, 2.24) is 9.47 Å². The van der Waals surface area contributed by atoms with E-state index in [0.29, 0.717) is 17.9 Å². The molecule has 25 heavy (non-hydrogen) atoms. The van der Waals surface area contributed by atoms with Crippen LogP contribution in [-0.4, -0.2) is 28.0 Å². The normalized spacial score (nSPS) is 21.5. The van der Waals surface area contributed by atoms with Crippen molar-refractivity contribution < 1.29 is 4.79 Å². The summed E-state index contributed by atoms with van der Waals surface area (Å²) in [4.78, 5) is 15.0. The maximum atomic E-state index is 12.8. The van der Waals surface area contributed by atoms with Crippen LogP contribution in [0.3, 0.4) is 0 Å². The molecule has 134 valence electrons. The summed E-state index contributed by atoms with van der Waals surface area (Å²) in [5.74, 6) is 1.08. The third-order valence-corrected chi connectivity index (χ3v) is 6.42. The summed E-state index contributed by atoms with van der Waals surface area (Å²) in [7, 11) is 2.16. The number of rotatable bonds is 5. The zero-order valence-electron chi connectivity index (χ0n) is 15.4. The number of hydrogen-bond acceptors (Lipinski definition) is 1. The summed E-state index contributed by atoms with van der Waals surface area (Å²) >= 11 is 0. The van der Waals surface area contributed by atoms with Gasteiger partial charge in [0, 0.05) is 37.3 Å². The van der Waals surface area contributed by atoms with E-state index in [2.05, 4.69) is 46.8 Å². The van der Waals surface area contributed by atoms with Crippen LogP contribution >= 0.6 is 0 Å². The molecular formula is C22H30N2O. The molecule has 1 amide bonds. The van der Waals surface area contributed by atoms with Crippen molar-refractivity contribution in [2.45, 2.75) is 63.8 Å². The molecule has 0 spiro atoms. The number of carbonyl (C=O) groups is 1. The van der Waals surface area contributed by atoms with Crippen molar-refractivity contribution in [1.29, 1.82) is 0 Å². The zero-order valence-corrected chi connectivity index (χ0v) is 15.4. The third-order valence-electron chi connectivity index (χ3n) is 6.42. The Labute approximate surface area is 151 Å². The Morgan fingerprint density at radius 2 is 1.92 bits per heavy atom. The summed E-state index contributed by atoms with van der Waals surface area (Å²) in [6.45, 7) is 0.978. The Hall–Kier alpha value is -1.77. The minimum atomic E-state index is 0.423. The second kappa shape index (κ2) is 7.23. The quantitative estimate of drug-likeness (QED) is 0.777. The van der Waals surface area contributed by atoms with Gasteiger partial charge in [-0.3, -0.25) is 4.79 Å². The first-order chi connectivity index (χ1) is 12.2. The maximum absolute atomic E-state index is 12.8. The number of aromatic nitrogens is 1. The molecule has 1 saturated heterocycles. The van der Waals surface area contributed by atoms with Gasteiger partial charge in [0.25, 0.3) is 0 Å². The van der Waals surface area contributed by atoms with Gasteiger partial charge in [0.2, 0.25) is 5.91 Å². The average Bonchev–Trinajstić information content (AvgIpc) is 3.34. The number of likely N-dealkylation sites (tertiary alicyclic amines) is 1. The third kappa shape index (κ3) is 3.47. The van der Waals surface area contributed by atoms with E-state index in [1.165, 1.54) is 55.1 Å². The van der Waals surface area contributed by atoms with Crippen LogP contribution in [0.5, 0.6) is 0 Å². The van der Waals surface area contributed by atoms with Crippen molar-refractivity contribution >= 4 is 16.8 Å². The van der Waals surface area contributed by atoms with Crippen molar-refractivity contribution in [3.8, 4) is 0 Å². The highest BCUT2D eigenvalue weighted by molar-refractivity contribution is 5.81. The predicted molar refractivity (Wildman–Crippen MR) is 103 cm³/mol. The number of para-hydroxylation sites is 1. The standard InChI is InChI=1S/C22H30N2O/c1-23-20(16-18-9-4-5-11-21(18)23)13-12-19-10-6-14-24(19)22(25)15-17-7-2-3-8-17/h4-5,9,11,16-17,19H,2-3,6-8,10,12-15H2,1H3/t19-/m0/s1. The largest absolute Gasteiger partial charge is 0.348 e. The van der Waals surface area contributed by atoms with E-state index in [9.17, 15) is 4.79 Å². The highest BCUT2D eigenvalue weighted by Crippen LogP contribution is 2.30. The van der Waals surface area contributed by atoms with Crippen molar-refractivity contribution in [3.05, 3.63) is 36.0 Å². The highest BCUT2D eigenvalue weighted by atomic mass is 16.2. The minimum Gasteiger partial charge on any atom is -0.348 e. The lowest BCUT2D eigenvalue weighted by molar-refractivity contribution is -0.133. The summed E-state index contributed by atoms with van der Waals surface area (Å²) in [6, 6.07) is 11.3. The second-order valence-electron chi connectivity index (χ2n) is 8.03. The molecule has 2 heterocycles. The van der Waals surface area contributed by atoms with E-state index in [1.807, 2.05) is 0 Å². The van der Waals surface area contributed by atoms with E-state index < -0.39 is 0 Å². The van der Waals surface area contributed by atoms with E-state index >= 15 is 0 Å². The first-order valence-corrected chi connectivity index (χ1v) is 10.0. The zero-order chi connectivity index (χ0) is 17.2. The van der Waals surface area contributed by atoms with Gasteiger partial charge in [-0.25, -0.2) is 0 Å². The van der Waals surface area contributed by atoms with Gasteiger partial charge in [-0.05, 0) is 62.0 Å². The molecule has 1 aliphatic heterocycles. The molecule has 1 aliphatic carbocycles. The monoisotopic (exact) mass is 338 g/mol. The fourth-order valence-electron chi connectivity index (χ4n) is 4.94. The first-order valence-electron chi connectivity index (χ1n) is 10.0. The fourth-order valence-corrected chi connectivity index (χ4v) is 4.94. The molecule has 2 aliphatic rings. The number of amides is 1. The van der Waals surface area contributed by atoms with Crippen LogP contribution in [0.25, 0.3) is 10.9 Å². The van der Waals surface area contributed by atoms with E-state index in [-0.39, 0.29) is 0 Å². The number of benzene rings is 1. The molecule has 0 unspecified atom stereocenters. The molecule has 3 heteroatoms. The number of fused-ring (bicyclic) bond motifs is 1. The van der Waals surface area contributed by atoms with E-state index in [0.717, 1.165) is 25.8 Å². The molecule has 1 atom stereocenters. The number of carbonyl (C=O) groups excluding carboxylic acids is 1. The average molecular weight is 338 g/mol. The lowest BCUT2D eigenvalue weighted by Gasteiger charge is -2.26. The van der Waals surface area contributed by atoms with Crippen LogP contribution in [0, 0.1) is 5.92 Å². The van der Waals surface area contributed by atoms with Gasteiger partial charge in [0.1, 0.15) is 0 Å². The van der Waals surface area contributed by atoms with Gasteiger partial charge < -0.3 is 9.47 Å². The van der Waals surface area contributed by atoms with Gasteiger partial charge >= 0.3 is 0 Å². The van der Waals surface area contributed by atoms with Gasteiger partial charge in [0.05, 0.1) is 0 Å². The van der Waals surface area contributed by atoms with Crippen molar-refractivity contribution in [2.24, 2.45) is 13.0 Å². The smallest absolute Gasteiger partial charge is 0.223 e. The summed E-state index contributed by atoms with van der Waals surface area (Å²) < 4.78 is 2.31. The molecule has 1 aromatic carbocycles. The number of hydrogen-bond donors (Lipinski definition) is 0.